The first-order valence-electron chi connectivity index (χ1n) is 8.75. The van der Waals surface area contributed by atoms with Crippen LogP contribution in [-0.2, 0) is 0 Å². The standard InChI is InChI=1S/C21H19ClN4O2S/c1-13-11-14(28-15-9-10-24-19(12-15)20(27)23-2)7-8-17(13)25-21(29)26-18-6-4-3-5-16(18)22/h3-12H,1-2H3,(H,23,27)(H2,25,26,29). The summed E-state index contributed by atoms with van der Waals surface area (Å²) in [4.78, 5) is 15.7. The van der Waals surface area contributed by atoms with Gasteiger partial charge >= 0.3 is 0 Å². The number of rotatable bonds is 5. The molecule has 0 saturated carbocycles. The fraction of sp³-hybridized carbons (Fsp3) is 0.0952. The maximum absolute atomic E-state index is 11.7. The Morgan fingerprint density at radius 2 is 1.76 bits per heavy atom. The average Bonchev–Trinajstić information content (AvgIpc) is 2.71. The van der Waals surface area contributed by atoms with Crippen molar-refractivity contribution in [3.63, 3.8) is 0 Å². The molecule has 3 N–H and O–H groups in total. The van der Waals surface area contributed by atoms with E-state index >= 15 is 0 Å². The minimum atomic E-state index is -0.272. The van der Waals surface area contributed by atoms with Gasteiger partial charge in [0, 0.05) is 25.0 Å². The number of hydrogen-bond donors (Lipinski definition) is 3. The van der Waals surface area contributed by atoms with Gasteiger partial charge in [0.25, 0.3) is 5.91 Å². The van der Waals surface area contributed by atoms with Crippen molar-refractivity contribution >= 4 is 46.2 Å². The lowest BCUT2D eigenvalue weighted by molar-refractivity contribution is 0.0958. The summed E-state index contributed by atoms with van der Waals surface area (Å²) >= 11 is 11.5. The number of nitrogens with one attached hydrogen (secondary N) is 3. The highest BCUT2D eigenvalue weighted by Crippen LogP contribution is 2.27. The molecule has 0 aliphatic heterocycles. The number of hydrogen-bond acceptors (Lipinski definition) is 4. The van der Waals surface area contributed by atoms with Crippen molar-refractivity contribution < 1.29 is 9.53 Å². The topological polar surface area (TPSA) is 75.3 Å². The lowest BCUT2D eigenvalue weighted by Crippen LogP contribution is -2.19. The van der Waals surface area contributed by atoms with Crippen LogP contribution in [-0.4, -0.2) is 23.1 Å². The van der Waals surface area contributed by atoms with Gasteiger partial charge < -0.3 is 20.7 Å². The van der Waals surface area contributed by atoms with Crippen LogP contribution < -0.4 is 20.7 Å². The normalized spacial score (nSPS) is 10.2. The number of aromatic nitrogens is 1. The maximum Gasteiger partial charge on any atom is 0.269 e. The Bertz CT molecular complexity index is 1060. The fourth-order valence-corrected chi connectivity index (χ4v) is 2.94. The molecule has 0 spiro atoms. The van der Waals surface area contributed by atoms with Crippen LogP contribution in [0.15, 0.2) is 60.8 Å². The number of para-hydroxylation sites is 1. The summed E-state index contributed by atoms with van der Waals surface area (Å²) in [6.45, 7) is 1.94. The molecule has 0 fully saturated rings. The number of carbonyl (C=O) groups is 1. The molecule has 3 aromatic rings. The summed E-state index contributed by atoms with van der Waals surface area (Å²) in [7, 11) is 1.55. The molecule has 0 aliphatic rings. The highest BCUT2D eigenvalue weighted by atomic mass is 35.5. The first kappa shape index (κ1) is 20.6. The highest BCUT2D eigenvalue weighted by molar-refractivity contribution is 7.80. The van der Waals surface area contributed by atoms with Crippen LogP contribution in [0.25, 0.3) is 0 Å². The Morgan fingerprint density at radius 1 is 1.03 bits per heavy atom. The molecule has 1 aromatic heterocycles. The lowest BCUT2D eigenvalue weighted by atomic mass is 10.2. The second-order valence-corrected chi connectivity index (χ2v) is 6.91. The number of ether oxygens (including phenoxy) is 1. The van der Waals surface area contributed by atoms with Crippen LogP contribution >= 0.6 is 23.8 Å². The van der Waals surface area contributed by atoms with E-state index in [0.717, 1.165) is 16.9 Å². The lowest BCUT2D eigenvalue weighted by Gasteiger charge is -2.14. The van der Waals surface area contributed by atoms with Gasteiger partial charge in [-0.2, -0.15) is 0 Å². The molecule has 3 rings (SSSR count). The summed E-state index contributed by atoms with van der Waals surface area (Å²) in [5, 5.41) is 9.78. The van der Waals surface area contributed by atoms with Crippen LogP contribution in [0.5, 0.6) is 11.5 Å². The number of benzene rings is 2. The largest absolute Gasteiger partial charge is 0.457 e. The van der Waals surface area contributed by atoms with E-state index in [2.05, 4.69) is 20.9 Å². The minimum absolute atomic E-state index is 0.272. The number of thiocarbonyl (C=S) groups is 1. The summed E-state index contributed by atoms with van der Waals surface area (Å²) in [5.41, 5.74) is 2.79. The van der Waals surface area contributed by atoms with Crippen molar-refractivity contribution in [2.24, 2.45) is 0 Å². The number of carbonyl (C=O) groups excluding carboxylic acids is 1. The SMILES string of the molecule is CNC(=O)c1cc(Oc2ccc(NC(=S)Nc3ccccc3Cl)c(C)c2)ccn1. The Labute approximate surface area is 179 Å². The Kier molecular flexibility index (Phi) is 6.64. The Morgan fingerprint density at radius 3 is 2.48 bits per heavy atom. The molecular formula is C21H19ClN4O2S. The second-order valence-electron chi connectivity index (χ2n) is 6.09. The summed E-state index contributed by atoms with van der Waals surface area (Å²) < 4.78 is 5.85. The Hall–Kier alpha value is -3.16. The molecule has 1 amide bonds. The monoisotopic (exact) mass is 426 g/mol. The van der Waals surface area contributed by atoms with Gasteiger partial charge in [-0.15, -0.1) is 0 Å². The van der Waals surface area contributed by atoms with Crippen LogP contribution in [0.4, 0.5) is 11.4 Å². The summed E-state index contributed by atoms with van der Waals surface area (Å²) in [6, 6.07) is 16.2. The zero-order chi connectivity index (χ0) is 20.8. The van der Waals surface area contributed by atoms with Gasteiger partial charge in [-0.05, 0) is 61.1 Å². The summed E-state index contributed by atoms with van der Waals surface area (Å²) in [5.74, 6) is 0.882. The van der Waals surface area contributed by atoms with E-state index in [4.69, 9.17) is 28.6 Å². The predicted molar refractivity (Wildman–Crippen MR) is 120 cm³/mol. The van der Waals surface area contributed by atoms with Crippen molar-refractivity contribution in [3.05, 3.63) is 77.1 Å². The molecule has 0 bridgehead atoms. The molecule has 0 unspecified atom stereocenters. The molecule has 2 aromatic carbocycles. The zero-order valence-corrected chi connectivity index (χ0v) is 17.4. The summed E-state index contributed by atoms with van der Waals surface area (Å²) in [6.07, 6.45) is 1.53. The predicted octanol–water partition coefficient (Wildman–Crippen LogP) is 5.00. The van der Waals surface area contributed by atoms with Crippen molar-refractivity contribution in [1.29, 1.82) is 0 Å². The van der Waals surface area contributed by atoms with E-state index in [1.54, 1.807) is 25.2 Å². The second kappa shape index (κ2) is 9.36. The van der Waals surface area contributed by atoms with E-state index in [1.807, 2.05) is 43.3 Å². The fourth-order valence-electron chi connectivity index (χ4n) is 2.54. The molecule has 148 valence electrons. The van der Waals surface area contributed by atoms with Crippen LogP contribution in [0.3, 0.4) is 0 Å². The molecule has 1 heterocycles. The first-order valence-corrected chi connectivity index (χ1v) is 9.54. The number of nitrogens with zero attached hydrogens (tertiary/aromatic N) is 1. The number of pyridine rings is 1. The third-order valence-corrected chi connectivity index (χ3v) is 4.53. The van der Waals surface area contributed by atoms with E-state index in [1.165, 1.54) is 6.20 Å². The molecule has 29 heavy (non-hydrogen) atoms. The van der Waals surface area contributed by atoms with Crippen LogP contribution in [0, 0.1) is 6.92 Å². The van der Waals surface area contributed by atoms with E-state index in [9.17, 15) is 4.79 Å². The van der Waals surface area contributed by atoms with E-state index in [0.29, 0.717) is 21.6 Å². The van der Waals surface area contributed by atoms with E-state index in [-0.39, 0.29) is 11.6 Å². The van der Waals surface area contributed by atoms with Crippen molar-refractivity contribution in [2.45, 2.75) is 6.92 Å². The smallest absolute Gasteiger partial charge is 0.269 e. The van der Waals surface area contributed by atoms with Crippen molar-refractivity contribution in [2.75, 3.05) is 17.7 Å². The third kappa shape index (κ3) is 5.43. The van der Waals surface area contributed by atoms with Crippen LogP contribution in [0.1, 0.15) is 16.1 Å². The van der Waals surface area contributed by atoms with E-state index < -0.39 is 0 Å². The molecule has 0 saturated heterocycles. The molecule has 0 radical (unpaired) electrons. The van der Waals surface area contributed by atoms with Crippen molar-refractivity contribution in [3.8, 4) is 11.5 Å². The zero-order valence-electron chi connectivity index (χ0n) is 15.8. The third-order valence-electron chi connectivity index (χ3n) is 3.99. The number of amides is 1. The molecular weight excluding hydrogens is 408 g/mol. The minimum Gasteiger partial charge on any atom is -0.457 e. The van der Waals surface area contributed by atoms with Gasteiger partial charge in [0.05, 0.1) is 10.7 Å². The average molecular weight is 427 g/mol. The van der Waals surface area contributed by atoms with Crippen LogP contribution in [0.2, 0.25) is 5.02 Å². The van der Waals surface area contributed by atoms with Gasteiger partial charge in [-0.1, -0.05) is 23.7 Å². The molecule has 6 nitrogen and oxygen atoms in total. The quantitative estimate of drug-likeness (QED) is 0.498. The molecule has 0 atom stereocenters. The maximum atomic E-state index is 11.7. The van der Waals surface area contributed by atoms with Crippen molar-refractivity contribution in [1.82, 2.24) is 10.3 Å². The van der Waals surface area contributed by atoms with Gasteiger partial charge in [-0.3, -0.25) is 9.78 Å². The number of aryl methyl sites for hydroxylation is 1. The van der Waals surface area contributed by atoms with Gasteiger partial charge in [0.2, 0.25) is 0 Å². The molecule has 8 heteroatoms. The number of halogens is 1. The first-order chi connectivity index (χ1) is 14.0. The highest BCUT2D eigenvalue weighted by Gasteiger charge is 2.09. The Balaban J connectivity index is 1.68. The number of anilines is 2. The van der Waals surface area contributed by atoms with Gasteiger partial charge in [-0.25, -0.2) is 0 Å². The molecule has 0 aliphatic carbocycles. The van der Waals surface area contributed by atoms with Gasteiger partial charge in [0.15, 0.2) is 5.11 Å². The van der Waals surface area contributed by atoms with Gasteiger partial charge in [0.1, 0.15) is 17.2 Å².